The normalized spacial score (nSPS) is 12.8. The molecule has 1 heterocycles. The second-order valence-corrected chi connectivity index (χ2v) is 2.27. The number of aromatic carboxylic acids is 1. The van der Waals surface area contributed by atoms with E-state index >= 15 is 0 Å². The number of aromatic nitrogens is 4. The van der Waals surface area contributed by atoms with Crippen molar-refractivity contribution in [1.82, 2.24) is 20.2 Å². The molecule has 66 valence electrons. The molecule has 0 aliphatic carbocycles. The topological polar surface area (TPSA) is 80.9 Å². The first-order valence-corrected chi connectivity index (χ1v) is 3.24. The molecule has 1 aromatic rings. The molecule has 7 heteroatoms. The lowest BCUT2D eigenvalue weighted by Gasteiger charge is -2.00. The number of hydrogen-bond acceptors (Lipinski definition) is 4. The van der Waals surface area contributed by atoms with Gasteiger partial charge in [0.2, 0.25) is 0 Å². The Kier molecular flexibility index (Phi) is 2.32. The second kappa shape index (κ2) is 3.24. The number of carboxylic acids is 1. The third kappa shape index (κ3) is 1.74. The maximum absolute atomic E-state index is 12.4. The SMILES string of the molecule is CC(F)Cn1nnnc1C(=O)O. The van der Waals surface area contributed by atoms with Crippen molar-refractivity contribution in [3.8, 4) is 0 Å². The van der Waals surface area contributed by atoms with Gasteiger partial charge in [-0.3, -0.25) is 0 Å². The van der Waals surface area contributed by atoms with Gasteiger partial charge >= 0.3 is 5.97 Å². The van der Waals surface area contributed by atoms with Gasteiger partial charge in [-0.15, -0.1) is 5.10 Å². The molecule has 6 nitrogen and oxygen atoms in total. The summed E-state index contributed by atoms with van der Waals surface area (Å²) in [6, 6.07) is 0. The lowest BCUT2D eigenvalue weighted by atomic mass is 10.4. The number of halogens is 1. The fraction of sp³-hybridized carbons (Fsp3) is 0.600. The average Bonchev–Trinajstić information content (AvgIpc) is 2.33. The molecule has 0 radical (unpaired) electrons. The highest BCUT2D eigenvalue weighted by atomic mass is 19.1. The molecule has 1 rings (SSSR count). The molecule has 1 N–H and O–H groups in total. The van der Waals surface area contributed by atoms with Crippen LogP contribution in [0.25, 0.3) is 0 Å². The van der Waals surface area contributed by atoms with Gasteiger partial charge in [0, 0.05) is 0 Å². The first-order chi connectivity index (χ1) is 5.61. The Bertz CT molecular complexity index is 285. The monoisotopic (exact) mass is 174 g/mol. The minimum absolute atomic E-state index is 0.144. The van der Waals surface area contributed by atoms with E-state index in [1.807, 2.05) is 0 Å². The summed E-state index contributed by atoms with van der Waals surface area (Å²) in [5, 5.41) is 18.1. The number of carboxylic acid groups (broad SMARTS) is 1. The van der Waals surface area contributed by atoms with Crippen LogP contribution < -0.4 is 0 Å². The van der Waals surface area contributed by atoms with Crippen molar-refractivity contribution in [2.45, 2.75) is 19.6 Å². The molecule has 1 atom stereocenters. The molecule has 0 aliphatic rings. The van der Waals surface area contributed by atoms with Crippen LogP contribution in [0, 0.1) is 0 Å². The zero-order valence-electron chi connectivity index (χ0n) is 6.31. The standard InChI is InChI=1S/C5H7FN4O2/c1-3(6)2-10-4(5(11)12)7-8-9-10/h3H,2H2,1H3,(H,11,12). The van der Waals surface area contributed by atoms with Crippen molar-refractivity contribution in [2.24, 2.45) is 0 Å². The van der Waals surface area contributed by atoms with Crippen molar-refractivity contribution in [3.63, 3.8) is 0 Å². The summed E-state index contributed by atoms with van der Waals surface area (Å²) < 4.78 is 13.3. The van der Waals surface area contributed by atoms with Crippen LogP contribution in [0.5, 0.6) is 0 Å². The summed E-state index contributed by atoms with van der Waals surface area (Å²) in [4.78, 5) is 10.4. The molecule has 1 unspecified atom stereocenters. The van der Waals surface area contributed by atoms with E-state index in [2.05, 4.69) is 15.5 Å². The van der Waals surface area contributed by atoms with Gasteiger partial charge < -0.3 is 5.11 Å². The summed E-state index contributed by atoms with van der Waals surface area (Å²) >= 11 is 0. The molecule has 0 saturated carbocycles. The number of carbonyl (C=O) groups is 1. The fourth-order valence-electron chi connectivity index (χ4n) is 0.719. The highest BCUT2D eigenvalue weighted by molar-refractivity contribution is 5.82. The fourth-order valence-corrected chi connectivity index (χ4v) is 0.719. The van der Waals surface area contributed by atoms with E-state index in [9.17, 15) is 9.18 Å². The van der Waals surface area contributed by atoms with Crippen molar-refractivity contribution in [2.75, 3.05) is 0 Å². The molecule has 0 aromatic carbocycles. The number of rotatable bonds is 3. The Labute approximate surface area is 67.0 Å². The van der Waals surface area contributed by atoms with E-state index in [-0.39, 0.29) is 12.4 Å². The molecular weight excluding hydrogens is 167 g/mol. The molecule has 1 aromatic heterocycles. The van der Waals surface area contributed by atoms with Crippen LogP contribution in [0.3, 0.4) is 0 Å². The lowest BCUT2D eigenvalue weighted by molar-refractivity contribution is 0.0674. The van der Waals surface area contributed by atoms with Crippen LogP contribution >= 0.6 is 0 Å². The molecule has 0 bridgehead atoms. The van der Waals surface area contributed by atoms with E-state index < -0.39 is 12.1 Å². The highest BCUT2D eigenvalue weighted by Crippen LogP contribution is 1.97. The van der Waals surface area contributed by atoms with Crippen molar-refractivity contribution < 1.29 is 14.3 Å². The van der Waals surface area contributed by atoms with Crippen molar-refractivity contribution >= 4 is 5.97 Å². The zero-order chi connectivity index (χ0) is 9.14. The van der Waals surface area contributed by atoms with E-state index in [1.54, 1.807) is 0 Å². The Morgan fingerprint density at radius 1 is 1.83 bits per heavy atom. The first-order valence-electron chi connectivity index (χ1n) is 3.24. The quantitative estimate of drug-likeness (QED) is 0.682. The third-order valence-corrected chi connectivity index (χ3v) is 1.15. The van der Waals surface area contributed by atoms with Crippen LogP contribution in [0.1, 0.15) is 17.5 Å². The van der Waals surface area contributed by atoms with Gasteiger partial charge in [-0.2, -0.15) is 0 Å². The van der Waals surface area contributed by atoms with Gasteiger partial charge in [0.05, 0.1) is 6.54 Å². The van der Waals surface area contributed by atoms with E-state index in [0.29, 0.717) is 0 Å². The Morgan fingerprint density at radius 2 is 2.50 bits per heavy atom. The molecule has 0 saturated heterocycles. The number of nitrogens with zero attached hydrogens (tertiary/aromatic N) is 4. The summed E-state index contributed by atoms with van der Waals surface area (Å²) in [5.41, 5.74) is 0. The van der Waals surface area contributed by atoms with Crippen LogP contribution in [0.4, 0.5) is 4.39 Å². The number of alkyl halides is 1. The van der Waals surface area contributed by atoms with Crippen molar-refractivity contribution in [3.05, 3.63) is 5.82 Å². The Morgan fingerprint density at radius 3 is 3.00 bits per heavy atom. The predicted octanol–water partition coefficient (Wildman–Crippen LogP) is -0.271. The van der Waals surface area contributed by atoms with Gasteiger partial charge in [-0.1, -0.05) is 0 Å². The predicted molar refractivity (Wildman–Crippen MR) is 35.3 cm³/mol. The smallest absolute Gasteiger partial charge is 0.375 e. The highest BCUT2D eigenvalue weighted by Gasteiger charge is 2.14. The summed E-state index contributed by atoms with van der Waals surface area (Å²) in [6.07, 6.45) is -1.17. The number of tetrazole rings is 1. The van der Waals surface area contributed by atoms with Gasteiger partial charge in [-0.05, 0) is 17.4 Å². The van der Waals surface area contributed by atoms with Gasteiger partial charge in [0.15, 0.2) is 0 Å². The zero-order valence-corrected chi connectivity index (χ0v) is 6.31. The van der Waals surface area contributed by atoms with Crippen molar-refractivity contribution in [1.29, 1.82) is 0 Å². The van der Waals surface area contributed by atoms with Crippen LogP contribution in [-0.4, -0.2) is 37.5 Å². The maximum atomic E-state index is 12.4. The first kappa shape index (κ1) is 8.57. The van der Waals surface area contributed by atoms with Crippen LogP contribution in [0.15, 0.2) is 0 Å². The summed E-state index contributed by atoms with van der Waals surface area (Å²) in [6.45, 7) is 1.15. The summed E-state index contributed by atoms with van der Waals surface area (Å²) in [7, 11) is 0. The number of hydrogen-bond donors (Lipinski definition) is 1. The average molecular weight is 174 g/mol. The summed E-state index contributed by atoms with van der Waals surface area (Å²) in [5.74, 6) is -1.61. The second-order valence-electron chi connectivity index (χ2n) is 2.27. The molecular formula is C5H7FN4O2. The van der Waals surface area contributed by atoms with E-state index in [1.165, 1.54) is 6.92 Å². The molecule has 12 heavy (non-hydrogen) atoms. The molecule has 0 fully saturated rings. The minimum atomic E-state index is -1.26. The van der Waals surface area contributed by atoms with Crippen LogP contribution in [0.2, 0.25) is 0 Å². The Balaban J connectivity index is 2.84. The molecule has 0 spiro atoms. The van der Waals surface area contributed by atoms with Gasteiger partial charge in [-0.25, -0.2) is 13.9 Å². The van der Waals surface area contributed by atoms with E-state index in [4.69, 9.17) is 5.11 Å². The molecule has 0 aliphatic heterocycles. The van der Waals surface area contributed by atoms with E-state index in [0.717, 1.165) is 4.68 Å². The van der Waals surface area contributed by atoms with Crippen LogP contribution in [-0.2, 0) is 6.54 Å². The lowest BCUT2D eigenvalue weighted by Crippen LogP contribution is -2.16. The van der Waals surface area contributed by atoms with Gasteiger partial charge in [0.1, 0.15) is 6.17 Å². The largest absolute Gasteiger partial charge is 0.475 e. The third-order valence-electron chi connectivity index (χ3n) is 1.15. The minimum Gasteiger partial charge on any atom is -0.475 e. The van der Waals surface area contributed by atoms with Gasteiger partial charge in [0.25, 0.3) is 5.82 Å². The maximum Gasteiger partial charge on any atom is 0.375 e. The Hall–Kier alpha value is -1.53. The molecule has 0 amide bonds.